The lowest BCUT2D eigenvalue weighted by Gasteiger charge is -2.07. The molecule has 0 amide bonds. The van der Waals surface area contributed by atoms with E-state index < -0.39 is 0 Å². The fourth-order valence-electron chi connectivity index (χ4n) is 1.46. The number of hydrogen-bond donors (Lipinski definition) is 3. The van der Waals surface area contributed by atoms with Gasteiger partial charge in [0, 0.05) is 5.56 Å². The maximum Gasteiger partial charge on any atom is 0.152 e. The van der Waals surface area contributed by atoms with E-state index in [9.17, 15) is 0 Å². The lowest BCUT2D eigenvalue weighted by atomic mass is 10.0. The fraction of sp³-hybridized carbons (Fsp3) is 0.364. The highest BCUT2D eigenvalue weighted by Gasteiger charge is 2.01. The second kappa shape index (κ2) is 5.36. The van der Waals surface area contributed by atoms with Crippen LogP contribution in [0.2, 0.25) is 0 Å². The van der Waals surface area contributed by atoms with Crippen LogP contribution in [0.25, 0.3) is 0 Å². The van der Waals surface area contributed by atoms with Crippen LogP contribution in [-0.4, -0.2) is 5.84 Å². The molecule has 0 aliphatic heterocycles. The lowest BCUT2D eigenvalue weighted by molar-refractivity contribution is 0.647. The van der Waals surface area contributed by atoms with Crippen LogP contribution in [0.5, 0.6) is 0 Å². The minimum atomic E-state index is 0.406. The van der Waals surface area contributed by atoms with Crippen LogP contribution in [-0.2, 0) is 6.42 Å². The van der Waals surface area contributed by atoms with E-state index in [0.717, 1.165) is 12.0 Å². The van der Waals surface area contributed by atoms with Crippen molar-refractivity contribution < 1.29 is 0 Å². The average molecular weight is 206 g/mol. The Kier molecular flexibility index (Phi) is 4.12. The second-order valence-electron chi connectivity index (χ2n) is 3.92. The Hall–Kier alpha value is -1.55. The molecule has 1 aromatic rings. The van der Waals surface area contributed by atoms with Crippen molar-refractivity contribution in [3.8, 4) is 0 Å². The first-order valence-corrected chi connectivity index (χ1v) is 5.01. The molecule has 4 nitrogen and oxygen atoms in total. The monoisotopic (exact) mass is 206 g/mol. The van der Waals surface area contributed by atoms with Gasteiger partial charge in [0.1, 0.15) is 0 Å². The predicted molar refractivity (Wildman–Crippen MR) is 63.0 cm³/mol. The SMILES string of the molecule is CC(C)Cc1cccc(/C(N)=N/NN)c1. The maximum atomic E-state index is 5.71. The summed E-state index contributed by atoms with van der Waals surface area (Å²) in [6.45, 7) is 4.37. The van der Waals surface area contributed by atoms with Gasteiger partial charge in [-0.05, 0) is 24.0 Å². The zero-order valence-electron chi connectivity index (χ0n) is 9.20. The first-order chi connectivity index (χ1) is 7.13. The molecule has 0 heterocycles. The van der Waals surface area contributed by atoms with E-state index in [-0.39, 0.29) is 0 Å². The predicted octanol–water partition coefficient (Wildman–Crippen LogP) is 0.969. The molecule has 0 fully saturated rings. The van der Waals surface area contributed by atoms with Crippen molar-refractivity contribution in [2.45, 2.75) is 20.3 Å². The van der Waals surface area contributed by atoms with E-state index >= 15 is 0 Å². The van der Waals surface area contributed by atoms with Crippen molar-refractivity contribution in [1.29, 1.82) is 0 Å². The number of nitrogens with two attached hydrogens (primary N) is 2. The van der Waals surface area contributed by atoms with Gasteiger partial charge in [-0.3, -0.25) is 0 Å². The number of nitrogens with one attached hydrogen (secondary N) is 1. The zero-order chi connectivity index (χ0) is 11.3. The average Bonchev–Trinajstić information content (AvgIpc) is 2.17. The van der Waals surface area contributed by atoms with E-state index in [1.807, 2.05) is 18.2 Å². The van der Waals surface area contributed by atoms with Crippen molar-refractivity contribution in [2.75, 3.05) is 0 Å². The van der Waals surface area contributed by atoms with Gasteiger partial charge in [-0.1, -0.05) is 32.0 Å². The van der Waals surface area contributed by atoms with Crippen LogP contribution >= 0.6 is 0 Å². The van der Waals surface area contributed by atoms with E-state index in [0.29, 0.717) is 11.8 Å². The number of hydrogen-bond acceptors (Lipinski definition) is 3. The van der Waals surface area contributed by atoms with Gasteiger partial charge in [-0.25, -0.2) is 11.4 Å². The molecule has 4 heteroatoms. The molecule has 0 saturated heterocycles. The largest absolute Gasteiger partial charge is 0.382 e. The third-order valence-corrected chi connectivity index (χ3v) is 2.05. The second-order valence-corrected chi connectivity index (χ2v) is 3.92. The zero-order valence-corrected chi connectivity index (χ0v) is 9.20. The molecule has 82 valence electrons. The smallest absolute Gasteiger partial charge is 0.152 e. The van der Waals surface area contributed by atoms with Crippen molar-refractivity contribution in [1.82, 2.24) is 5.53 Å². The van der Waals surface area contributed by atoms with E-state index in [1.165, 1.54) is 5.56 Å². The molecule has 0 radical (unpaired) electrons. The van der Waals surface area contributed by atoms with Crippen molar-refractivity contribution in [3.63, 3.8) is 0 Å². The minimum absolute atomic E-state index is 0.406. The van der Waals surface area contributed by atoms with Gasteiger partial charge in [0.25, 0.3) is 0 Å². The fourth-order valence-corrected chi connectivity index (χ4v) is 1.46. The van der Waals surface area contributed by atoms with Gasteiger partial charge in [0.05, 0.1) is 0 Å². The van der Waals surface area contributed by atoms with Crippen molar-refractivity contribution >= 4 is 5.84 Å². The van der Waals surface area contributed by atoms with Gasteiger partial charge >= 0.3 is 0 Å². The summed E-state index contributed by atoms with van der Waals surface area (Å²) in [5.74, 6) is 6.10. The third-order valence-electron chi connectivity index (χ3n) is 2.05. The van der Waals surface area contributed by atoms with Gasteiger partial charge in [0.15, 0.2) is 5.84 Å². The highest BCUT2D eigenvalue weighted by Crippen LogP contribution is 2.10. The highest BCUT2D eigenvalue weighted by atomic mass is 15.5. The molecule has 0 unspecified atom stereocenters. The van der Waals surface area contributed by atoms with E-state index in [1.54, 1.807) is 0 Å². The summed E-state index contributed by atoms with van der Waals surface area (Å²) >= 11 is 0. The molecule has 0 bridgehead atoms. The molecule has 1 rings (SSSR count). The first-order valence-electron chi connectivity index (χ1n) is 5.01. The summed E-state index contributed by atoms with van der Waals surface area (Å²) in [6.07, 6.45) is 1.04. The molecular formula is C11H18N4. The number of rotatable bonds is 4. The molecule has 0 atom stereocenters. The summed E-state index contributed by atoms with van der Waals surface area (Å²) in [5.41, 5.74) is 10.1. The van der Waals surface area contributed by atoms with Crippen LogP contribution in [0.15, 0.2) is 29.4 Å². The first kappa shape index (κ1) is 11.5. The minimum Gasteiger partial charge on any atom is -0.382 e. The maximum absolute atomic E-state index is 5.71. The summed E-state index contributed by atoms with van der Waals surface area (Å²) in [4.78, 5) is 0. The Morgan fingerprint density at radius 3 is 2.80 bits per heavy atom. The number of hydrazine groups is 1. The van der Waals surface area contributed by atoms with Gasteiger partial charge in [0.2, 0.25) is 0 Å². The van der Waals surface area contributed by atoms with Crippen LogP contribution in [0.4, 0.5) is 0 Å². The molecule has 0 saturated carbocycles. The molecule has 0 spiro atoms. The van der Waals surface area contributed by atoms with Gasteiger partial charge < -0.3 is 5.73 Å². The van der Waals surface area contributed by atoms with E-state index in [4.69, 9.17) is 11.6 Å². The standard InChI is InChI=1S/C11H18N4/c1-8(2)6-9-4-3-5-10(7-9)11(12)14-15-13/h3-5,7-8,15H,6,13H2,1-2H3,(H2,12,14). The normalized spacial score (nSPS) is 11.9. The third kappa shape index (κ3) is 3.59. The number of hydrazone groups is 1. The van der Waals surface area contributed by atoms with Crippen molar-refractivity contribution in [3.05, 3.63) is 35.4 Å². The van der Waals surface area contributed by atoms with Crippen LogP contribution < -0.4 is 17.1 Å². The van der Waals surface area contributed by atoms with Crippen molar-refractivity contribution in [2.24, 2.45) is 22.6 Å². The number of amidine groups is 1. The molecule has 5 N–H and O–H groups in total. The Bertz CT molecular complexity index is 344. The summed E-state index contributed by atoms with van der Waals surface area (Å²) in [7, 11) is 0. The molecule has 15 heavy (non-hydrogen) atoms. The quantitative estimate of drug-likeness (QED) is 0.297. The van der Waals surface area contributed by atoms with Crippen LogP contribution in [0.3, 0.4) is 0 Å². The lowest BCUT2D eigenvalue weighted by Crippen LogP contribution is -2.23. The van der Waals surface area contributed by atoms with Crippen LogP contribution in [0, 0.1) is 5.92 Å². The number of benzene rings is 1. The Balaban J connectivity index is 2.87. The Morgan fingerprint density at radius 1 is 1.47 bits per heavy atom. The van der Waals surface area contributed by atoms with Gasteiger partial charge in [-0.15, -0.1) is 5.10 Å². The molecular weight excluding hydrogens is 188 g/mol. The van der Waals surface area contributed by atoms with Gasteiger partial charge in [-0.2, -0.15) is 0 Å². The Labute approximate surface area is 90.3 Å². The molecule has 0 aliphatic carbocycles. The van der Waals surface area contributed by atoms with E-state index in [2.05, 4.69) is 30.6 Å². The molecule has 0 aromatic heterocycles. The summed E-state index contributed by atoms with van der Waals surface area (Å²) < 4.78 is 0. The molecule has 1 aromatic carbocycles. The topological polar surface area (TPSA) is 76.4 Å². The summed E-state index contributed by atoms with van der Waals surface area (Å²) in [6, 6.07) is 8.02. The molecule has 0 aliphatic rings. The highest BCUT2D eigenvalue weighted by molar-refractivity contribution is 5.97. The number of nitrogens with zero attached hydrogens (tertiary/aromatic N) is 1. The van der Waals surface area contributed by atoms with Crippen LogP contribution in [0.1, 0.15) is 25.0 Å². The Morgan fingerprint density at radius 2 is 2.20 bits per heavy atom. The summed E-state index contributed by atoms with van der Waals surface area (Å²) in [5, 5.41) is 3.74.